The van der Waals surface area contributed by atoms with Crippen LogP contribution in [0.25, 0.3) is 0 Å². The smallest absolute Gasteiger partial charge is 0.311 e. The molecule has 0 saturated heterocycles. The number of anilines is 2. The van der Waals surface area contributed by atoms with E-state index in [1.807, 2.05) is 0 Å². The summed E-state index contributed by atoms with van der Waals surface area (Å²) in [5.74, 6) is 0.486. The van der Waals surface area contributed by atoms with Crippen LogP contribution in [0.1, 0.15) is 24.2 Å². The van der Waals surface area contributed by atoms with Gasteiger partial charge in [0.2, 0.25) is 5.82 Å². The third kappa shape index (κ3) is 5.56. The summed E-state index contributed by atoms with van der Waals surface area (Å²) in [7, 11) is 0. The zero-order valence-electron chi connectivity index (χ0n) is 16.1. The van der Waals surface area contributed by atoms with Gasteiger partial charge in [-0.1, -0.05) is 29.3 Å². The first-order valence-corrected chi connectivity index (χ1v) is 9.70. The molecule has 0 aliphatic heterocycles. The summed E-state index contributed by atoms with van der Waals surface area (Å²) in [4.78, 5) is 29.5. The zero-order valence-corrected chi connectivity index (χ0v) is 17.6. The fourth-order valence-corrected chi connectivity index (χ4v) is 3.18. The van der Waals surface area contributed by atoms with Gasteiger partial charge in [0, 0.05) is 28.7 Å². The van der Waals surface area contributed by atoms with E-state index in [2.05, 4.69) is 20.6 Å². The Kier molecular flexibility index (Phi) is 6.83. The standard InChI is InChI=1S/C19H16Cl2N6O4/c1-11(24-18-7-4-14(10-22-18)26(28)29)16-5-6-17(27(30)31)19(25-16)23-9-12-2-3-13(20)8-15(12)21/h2-8,10-11H,9H2,1H3,(H,22,24)(H,23,25). The van der Waals surface area contributed by atoms with E-state index >= 15 is 0 Å². The van der Waals surface area contributed by atoms with Gasteiger partial charge in [-0.3, -0.25) is 20.2 Å². The second kappa shape index (κ2) is 9.54. The lowest BCUT2D eigenvalue weighted by molar-refractivity contribution is -0.385. The van der Waals surface area contributed by atoms with Crippen LogP contribution in [-0.4, -0.2) is 19.8 Å². The third-order valence-electron chi connectivity index (χ3n) is 4.32. The van der Waals surface area contributed by atoms with Crippen LogP contribution in [0.5, 0.6) is 0 Å². The molecule has 10 nitrogen and oxygen atoms in total. The summed E-state index contributed by atoms with van der Waals surface area (Å²) in [5.41, 5.74) is 0.901. The molecule has 3 rings (SSSR count). The van der Waals surface area contributed by atoms with Gasteiger partial charge in [-0.25, -0.2) is 9.97 Å². The largest absolute Gasteiger partial charge is 0.362 e. The number of aromatic nitrogens is 2. The Morgan fingerprint density at radius 1 is 1.06 bits per heavy atom. The molecule has 2 heterocycles. The highest BCUT2D eigenvalue weighted by molar-refractivity contribution is 6.35. The Hall–Kier alpha value is -3.50. The first-order valence-electron chi connectivity index (χ1n) is 8.94. The molecule has 0 saturated carbocycles. The van der Waals surface area contributed by atoms with Gasteiger partial charge in [0.15, 0.2) is 0 Å². The van der Waals surface area contributed by atoms with Crippen molar-refractivity contribution in [2.75, 3.05) is 10.6 Å². The maximum atomic E-state index is 11.4. The van der Waals surface area contributed by atoms with Gasteiger partial charge in [0.1, 0.15) is 12.0 Å². The van der Waals surface area contributed by atoms with Crippen LogP contribution < -0.4 is 10.6 Å². The second-order valence-corrected chi connectivity index (χ2v) is 7.32. The molecule has 3 aromatic rings. The quantitative estimate of drug-likeness (QED) is 0.335. The summed E-state index contributed by atoms with van der Waals surface area (Å²) < 4.78 is 0. The van der Waals surface area contributed by atoms with Crippen LogP contribution in [0.15, 0.2) is 48.7 Å². The maximum absolute atomic E-state index is 11.4. The normalized spacial score (nSPS) is 11.6. The van der Waals surface area contributed by atoms with Gasteiger partial charge in [-0.2, -0.15) is 0 Å². The minimum atomic E-state index is -0.539. The number of hydrogen-bond acceptors (Lipinski definition) is 8. The minimum absolute atomic E-state index is 0.0822. The topological polar surface area (TPSA) is 136 Å². The number of nitro groups is 2. The lowest BCUT2D eigenvalue weighted by atomic mass is 10.2. The Bertz CT molecular complexity index is 1130. The molecular formula is C19H16Cl2N6O4. The fourth-order valence-electron chi connectivity index (χ4n) is 2.70. The van der Waals surface area contributed by atoms with Crippen molar-refractivity contribution in [2.45, 2.75) is 19.5 Å². The fraction of sp³-hybridized carbons (Fsp3) is 0.158. The predicted molar refractivity (Wildman–Crippen MR) is 118 cm³/mol. The van der Waals surface area contributed by atoms with Crippen molar-refractivity contribution in [3.05, 3.63) is 90.2 Å². The van der Waals surface area contributed by atoms with Crippen molar-refractivity contribution >= 4 is 46.2 Å². The summed E-state index contributed by atoms with van der Waals surface area (Å²) >= 11 is 12.1. The van der Waals surface area contributed by atoms with Crippen LogP contribution in [0.2, 0.25) is 10.0 Å². The van der Waals surface area contributed by atoms with Crippen LogP contribution in [0.4, 0.5) is 23.0 Å². The van der Waals surface area contributed by atoms with Crippen LogP contribution in [0.3, 0.4) is 0 Å². The maximum Gasteiger partial charge on any atom is 0.311 e. The highest BCUT2D eigenvalue weighted by Gasteiger charge is 2.19. The van der Waals surface area contributed by atoms with Crippen molar-refractivity contribution in [1.29, 1.82) is 0 Å². The van der Waals surface area contributed by atoms with Gasteiger partial charge >= 0.3 is 5.69 Å². The molecule has 0 aliphatic carbocycles. The van der Waals surface area contributed by atoms with Gasteiger partial charge in [-0.05, 0) is 36.8 Å². The summed E-state index contributed by atoms with van der Waals surface area (Å²) in [5, 5.41) is 29.1. The van der Waals surface area contributed by atoms with E-state index in [1.165, 1.54) is 24.3 Å². The molecule has 2 aromatic heterocycles. The van der Waals surface area contributed by atoms with Gasteiger partial charge in [-0.15, -0.1) is 0 Å². The average molecular weight is 463 g/mol. The lowest BCUT2D eigenvalue weighted by Crippen LogP contribution is -2.12. The highest BCUT2D eigenvalue weighted by Crippen LogP contribution is 2.28. The molecule has 0 spiro atoms. The first kappa shape index (κ1) is 22.2. The number of rotatable bonds is 8. The molecule has 1 aromatic carbocycles. The van der Waals surface area contributed by atoms with Crippen molar-refractivity contribution in [1.82, 2.24) is 9.97 Å². The highest BCUT2D eigenvalue weighted by atomic mass is 35.5. The lowest BCUT2D eigenvalue weighted by Gasteiger charge is -2.15. The SMILES string of the molecule is CC(Nc1ccc([N+](=O)[O-])cn1)c1ccc([N+](=O)[O-])c(NCc2ccc(Cl)cc2Cl)n1. The van der Waals surface area contributed by atoms with Gasteiger partial charge in [0.05, 0.1) is 21.6 Å². The predicted octanol–water partition coefficient (Wildman–Crippen LogP) is 5.39. The molecule has 31 heavy (non-hydrogen) atoms. The summed E-state index contributed by atoms with van der Waals surface area (Å²) in [6.45, 7) is 2.00. The molecule has 1 unspecified atom stereocenters. The Morgan fingerprint density at radius 3 is 2.45 bits per heavy atom. The molecule has 0 bridgehead atoms. The van der Waals surface area contributed by atoms with Crippen molar-refractivity contribution in [3.63, 3.8) is 0 Å². The van der Waals surface area contributed by atoms with Crippen molar-refractivity contribution in [3.8, 4) is 0 Å². The minimum Gasteiger partial charge on any atom is -0.362 e. The van der Waals surface area contributed by atoms with Crippen molar-refractivity contribution in [2.24, 2.45) is 0 Å². The Balaban J connectivity index is 1.79. The zero-order chi connectivity index (χ0) is 22.5. The number of benzene rings is 1. The molecule has 1 atom stereocenters. The van der Waals surface area contributed by atoms with E-state index in [4.69, 9.17) is 23.2 Å². The number of nitrogens with zero attached hydrogens (tertiary/aromatic N) is 4. The number of nitrogens with one attached hydrogen (secondary N) is 2. The van der Waals surface area contributed by atoms with Crippen LogP contribution >= 0.6 is 23.2 Å². The molecule has 160 valence electrons. The van der Waals surface area contributed by atoms with Crippen LogP contribution in [0, 0.1) is 20.2 Å². The van der Waals surface area contributed by atoms with E-state index in [9.17, 15) is 20.2 Å². The van der Waals surface area contributed by atoms with Gasteiger partial charge < -0.3 is 10.6 Å². The Morgan fingerprint density at radius 2 is 1.84 bits per heavy atom. The van der Waals surface area contributed by atoms with E-state index < -0.39 is 9.85 Å². The number of pyridine rings is 2. The summed E-state index contributed by atoms with van der Waals surface area (Å²) in [6, 6.07) is 10.3. The van der Waals surface area contributed by atoms with Crippen molar-refractivity contribution < 1.29 is 9.85 Å². The van der Waals surface area contributed by atoms with Crippen LogP contribution in [-0.2, 0) is 6.54 Å². The first-order chi connectivity index (χ1) is 14.7. The molecular weight excluding hydrogens is 447 g/mol. The molecule has 0 amide bonds. The second-order valence-electron chi connectivity index (χ2n) is 6.48. The van der Waals surface area contributed by atoms with E-state index in [0.29, 0.717) is 27.1 Å². The number of halogens is 2. The van der Waals surface area contributed by atoms with E-state index in [-0.39, 0.29) is 29.8 Å². The molecule has 0 radical (unpaired) electrons. The third-order valence-corrected chi connectivity index (χ3v) is 4.91. The average Bonchev–Trinajstić information content (AvgIpc) is 2.73. The molecule has 0 fully saturated rings. The molecule has 0 aliphatic rings. The number of hydrogen-bond donors (Lipinski definition) is 2. The van der Waals surface area contributed by atoms with E-state index in [1.54, 1.807) is 25.1 Å². The molecule has 12 heteroatoms. The van der Waals surface area contributed by atoms with E-state index in [0.717, 1.165) is 6.20 Å². The monoisotopic (exact) mass is 462 g/mol. The molecule has 2 N–H and O–H groups in total. The van der Waals surface area contributed by atoms with Gasteiger partial charge in [0.25, 0.3) is 5.69 Å². The summed E-state index contributed by atoms with van der Waals surface area (Å²) in [6.07, 6.45) is 1.14. The Labute approximate surface area is 186 Å².